The van der Waals surface area contributed by atoms with Gasteiger partial charge in [0.25, 0.3) is 0 Å². The molecule has 0 saturated heterocycles. The van der Waals surface area contributed by atoms with Crippen LogP contribution < -0.4 is 9.47 Å². The second-order valence-electron chi connectivity index (χ2n) is 17.6. The smallest absolute Gasteiger partial charge is 0.340 e. The molecule has 0 aromatic heterocycles. The predicted octanol–water partition coefficient (Wildman–Crippen LogP) is 9.49. The molecule has 0 radical (unpaired) electrons. The molecule has 2 unspecified atom stereocenters. The Kier molecular flexibility index (Phi) is 17.8. The number of methoxy groups -OCH3 is 2. The summed E-state index contributed by atoms with van der Waals surface area (Å²) in [4.78, 5) is 79.5. The van der Waals surface area contributed by atoms with E-state index in [2.05, 4.69) is 61.1 Å². The number of carbonyl (C=O) groups excluding carboxylic acids is 4. The standard InChI is InChI=1S/C65H50O15/c1-5-55(66)78-38-47(74-3)37-76-45-31-27-43(28-32-45)65(53-23-15-13-21-49(53)50-22-14-16-24-54(50)65)44-29-33-46(34-30-44)77-39-48(40-79-56(67)6-2)80-64(73)60-52(36-26-42-19-11-8-12-20-42)57(61(68)69)59(63(72)75-4)51(58(60)62(70)71)35-25-41-17-9-7-10-18-41/h5-24,27-34,47-48H,1-2,37-40H2,3-4H3,(H,68,69)(H,70,71). The number of ether oxygens (including phenoxy) is 7. The number of hydrogen-bond acceptors (Lipinski definition) is 13. The van der Waals surface area contributed by atoms with Gasteiger partial charge in [0.1, 0.15) is 44.0 Å². The molecule has 7 aromatic rings. The quantitative estimate of drug-likeness (QED) is 0.0315. The Morgan fingerprint density at radius 1 is 0.487 bits per heavy atom. The van der Waals surface area contributed by atoms with Crippen molar-refractivity contribution in [2.45, 2.75) is 17.6 Å². The van der Waals surface area contributed by atoms with E-state index in [-0.39, 0.29) is 19.0 Å². The van der Waals surface area contributed by atoms with Gasteiger partial charge in [0.15, 0.2) is 6.10 Å². The monoisotopic (exact) mass is 1070 g/mol. The summed E-state index contributed by atoms with van der Waals surface area (Å²) in [5.41, 5.74) is 0.912. The minimum Gasteiger partial charge on any atom is -0.491 e. The van der Waals surface area contributed by atoms with Crippen LogP contribution >= 0.6 is 0 Å². The zero-order valence-corrected chi connectivity index (χ0v) is 43.3. The van der Waals surface area contributed by atoms with Gasteiger partial charge in [0.2, 0.25) is 0 Å². The summed E-state index contributed by atoms with van der Waals surface area (Å²) in [5.74, 6) is 3.89. The fraction of sp³-hybridized carbons (Fsp3) is 0.138. The minimum atomic E-state index is -1.79. The maximum atomic E-state index is 14.9. The molecular formula is C65H50O15. The van der Waals surface area contributed by atoms with Crippen LogP contribution in [0.25, 0.3) is 11.1 Å². The number of carboxylic acid groups (broad SMARTS) is 2. The van der Waals surface area contributed by atoms with E-state index < -0.39 is 100 Å². The average Bonchev–Trinajstić information content (AvgIpc) is 3.97. The van der Waals surface area contributed by atoms with Crippen molar-refractivity contribution in [3.63, 3.8) is 0 Å². The molecular weight excluding hydrogens is 1020 g/mol. The van der Waals surface area contributed by atoms with Crippen molar-refractivity contribution in [3.05, 3.63) is 250 Å². The van der Waals surface area contributed by atoms with E-state index in [9.17, 15) is 39.0 Å². The molecule has 7 aromatic carbocycles. The summed E-state index contributed by atoms with van der Waals surface area (Å²) in [5, 5.41) is 21.8. The first-order chi connectivity index (χ1) is 38.8. The summed E-state index contributed by atoms with van der Waals surface area (Å²) in [7, 11) is 2.47. The highest BCUT2D eigenvalue weighted by molar-refractivity contribution is 6.15. The molecule has 0 heterocycles. The van der Waals surface area contributed by atoms with Crippen LogP contribution in [0.3, 0.4) is 0 Å². The van der Waals surface area contributed by atoms with Crippen molar-refractivity contribution in [1.29, 1.82) is 0 Å². The average molecular weight is 1070 g/mol. The first-order valence-electron chi connectivity index (χ1n) is 24.7. The molecule has 8 rings (SSSR count). The van der Waals surface area contributed by atoms with Gasteiger partial charge < -0.3 is 43.4 Å². The molecule has 0 fully saturated rings. The Bertz CT molecular complexity index is 3590. The molecule has 0 amide bonds. The predicted molar refractivity (Wildman–Crippen MR) is 294 cm³/mol. The van der Waals surface area contributed by atoms with Crippen LogP contribution in [-0.4, -0.2) is 98.9 Å². The molecule has 15 nitrogen and oxygen atoms in total. The van der Waals surface area contributed by atoms with Gasteiger partial charge in [-0.25, -0.2) is 28.8 Å². The van der Waals surface area contributed by atoms with Crippen LogP contribution in [0.15, 0.2) is 183 Å². The van der Waals surface area contributed by atoms with Crippen molar-refractivity contribution in [1.82, 2.24) is 0 Å². The Hall–Kier alpha value is -10.5. The third-order valence-electron chi connectivity index (χ3n) is 12.9. The summed E-state index contributed by atoms with van der Waals surface area (Å²) in [6, 6.07) is 47.6. The van der Waals surface area contributed by atoms with Crippen LogP contribution in [-0.2, 0) is 38.7 Å². The van der Waals surface area contributed by atoms with E-state index in [1.54, 1.807) is 72.8 Å². The third-order valence-corrected chi connectivity index (χ3v) is 12.9. The lowest BCUT2D eigenvalue weighted by atomic mass is 9.68. The van der Waals surface area contributed by atoms with Gasteiger partial charge >= 0.3 is 35.8 Å². The molecule has 0 aliphatic heterocycles. The van der Waals surface area contributed by atoms with E-state index >= 15 is 0 Å². The summed E-state index contributed by atoms with van der Waals surface area (Å²) >= 11 is 0. The zero-order valence-electron chi connectivity index (χ0n) is 43.3. The normalized spacial score (nSPS) is 12.2. The summed E-state index contributed by atoms with van der Waals surface area (Å²) in [6.07, 6.45) is -0.0654. The van der Waals surface area contributed by atoms with Gasteiger partial charge in [0.05, 0.1) is 45.9 Å². The number of esters is 4. The molecule has 400 valence electrons. The number of benzene rings is 7. The van der Waals surface area contributed by atoms with E-state index in [4.69, 9.17) is 33.2 Å². The van der Waals surface area contributed by atoms with Crippen molar-refractivity contribution in [2.24, 2.45) is 0 Å². The number of hydrogen-bond donors (Lipinski definition) is 2. The van der Waals surface area contributed by atoms with Crippen LogP contribution in [0.2, 0.25) is 0 Å². The summed E-state index contributed by atoms with van der Waals surface area (Å²) in [6.45, 7) is 5.80. The summed E-state index contributed by atoms with van der Waals surface area (Å²) < 4.78 is 39.2. The van der Waals surface area contributed by atoms with E-state index in [0.29, 0.717) is 16.9 Å². The highest BCUT2D eigenvalue weighted by Crippen LogP contribution is 2.56. The van der Waals surface area contributed by atoms with Crippen LogP contribution in [0, 0.1) is 23.7 Å². The molecule has 1 aliphatic carbocycles. The van der Waals surface area contributed by atoms with E-state index in [1.165, 1.54) is 7.11 Å². The Morgan fingerprint density at radius 3 is 1.30 bits per heavy atom. The highest BCUT2D eigenvalue weighted by atomic mass is 16.6. The van der Waals surface area contributed by atoms with Crippen LogP contribution in [0.4, 0.5) is 0 Å². The van der Waals surface area contributed by atoms with Crippen molar-refractivity contribution in [2.75, 3.05) is 40.6 Å². The fourth-order valence-electron chi connectivity index (χ4n) is 9.23. The van der Waals surface area contributed by atoms with Crippen molar-refractivity contribution >= 4 is 35.8 Å². The Morgan fingerprint density at radius 2 is 0.887 bits per heavy atom. The van der Waals surface area contributed by atoms with Crippen LogP contribution in [0.5, 0.6) is 11.5 Å². The maximum absolute atomic E-state index is 14.9. The van der Waals surface area contributed by atoms with Gasteiger partial charge in [-0.3, -0.25) is 0 Å². The van der Waals surface area contributed by atoms with Gasteiger partial charge in [-0.15, -0.1) is 0 Å². The number of fused-ring (bicyclic) bond motifs is 3. The Balaban J connectivity index is 1.17. The highest BCUT2D eigenvalue weighted by Gasteiger charge is 2.46. The maximum Gasteiger partial charge on any atom is 0.340 e. The number of carboxylic acids is 2. The molecule has 0 spiro atoms. The number of aromatic carboxylic acids is 2. The van der Waals surface area contributed by atoms with E-state index in [0.717, 1.165) is 52.6 Å². The second-order valence-corrected chi connectivity index (χ2v) is 17.6. The van der Waals surface area contributed by atoms with Crippen LogP contribution in [0.1, 0.15) is 85.9 Å². The first-order valence-corrected chi connectivity index (χ1v) is 24.7. The van der Waals surface area contributed by atoms with Gasteiger partial charge in [0, 0.05) is 30.4 Å². The van der Waals surface area contributed by atoms with Crippen molar-refractivity contribution < 1.29 is 72.1 Å². The topological polar surface area (TPSA) is 207 Å². The second kappa shape index (κ2) is 25.6. The Labute approximate surface area is 460 Å². The zero-order chi connectivity index (χ0) is 56.8. The molecule has 0 bridgehead atoms. The van der Waals surface area contributed by atoms with Crippen molar-refractivity contribution in [3.8, 4) is 46.3 Å². The molecule has 80 heavy (non-hydrogen) atoms. The minimum absolute atomic E-state index is 0.0275. The molecule has 15 heteroatoms. The first kappa shape index (κ1) is 55.7. The third kappa shape index (κ3) is 12.0. The SMILES string of the molecule is C=CC(=O)OCC(COc1ccc(C2(c3ccc(OCC(COC(=O)C=C)OC(=O)c4c(C#Cc5ccccc5)c(C(=O)O)c(C(=O)OC)c(C#Cc5ccccc5)c4C(=O)O)cc3)c3ccccc3-c3ccccc32)cc1)OC. The van der Waals surface area contributed by atoms with Gasteiger partial charge in [-0.1, -0.05) is 146 Å². The molecule has 2 atom stereocenters. The van der Waals surface area contributed by atoms with Gasteiger partial charge in [-0.05, 0) is 81.9 Å². The lowest BCUT2D eigenvalue weighted by Crippen LogP contribution is -2.32. The largest absolute Gasteiger partial charge is 0.491 e. The molecule has 0 saturated carbocycles. The lowest BCUT2D eigenvalue weighted by molar-refractivity contribution is -0.142. The number of rotatable bonds is 20. The fourth-order valence-corrected chi connectivity index (χ4v) is 9.23. The van der Waals surface area contributed by atoms with Gasteiger partial charge in [-0.2, -0.15) is 0 Å². The lowest BCUT2D eigenvalue weighted by Gasteiger charge is -2.34. The molecule has 1 aliphatic rings. The number of carbonyl (C=O) groups is 6. The molecule has 2 N–H and O–H groups in total. The van der Waals surface area contributed by atoms with E-state index in [1.807, 2.05) is 60.7 Å².